The molecule has 0 heterocycles. The number of rotatable bonds is 9. The molecule has 0 aliphatic rings. The lowest BCUT2D eigenvalue weighted by Crippen LogP contribution is -2.44. The third kappa shape index (κ3) is 7.74. The first kappa shape index (κ1) is 26.2. The van der Waals surface area contributed by atoms with E-state index in [1.807, 2.05) is 18.2 Å². The van der Waals surface area contributed by atoms with Crippen molar-refractivity contribution in [2.24, 2.45) is 0 Å². The number of aliphatic hydroxyl groups excluding tert-OH is 2. The maximum atomic E-state index is 10.4. The summed E-state index contributed by atoms with van der Waals surface area (Å²) in [5.74, 6) is 1.66. The van der Waals surface area contributed by atoms with Crippen molar-refractivity contribution >= 4 is 16.6 Å². The summed E-state index contributed by atoms with van der Waals surface area (Å²) >= 11 is 0. The Balaban J connectivity index is 3.25. The molecule has 1 aromatic carbocycles. The molecule has 1 rings (SSSR count). The largest absolute Gasteiger partial charge is 0.543 e. The third-order valence-electron chi connectivity index (χ3n) is 6.47. The van der Waals surface area contributed by atoms with Gasteiger partial charge in [0.1, 0.15) is 11.5 Å². The van der Waals surface area contributed by atoms with Crippen molar-refractivity contribution in [1.29, 1.82) is 0 Å². The van der Waals surface area contributed by atoms with E-state index in [0.717, 1.165) is 17.1 Å². The van der Waals surface area contributed by atoms with E-state index in [1.165, 1.54) is 0 Å². The Morgan fingerprint density at radius 2 is 1.24 bits per heavy atom. The molecule has 0 radical (unpaired) electrons. The second kappa shape index (κ2) is 9.54. The van der Waals surface area contributed by atoms with Gasteiger partial charge in [-0.3, -0.25) is 0 Å². The van der Waals surface area contributed by atoms with Crippen LogP contribution < -0.4 is 8.85 Å². The molecule has 0 aromatic heterocycles. The predicted molar refractivity (Wildman–Crippen MR) is 128 cm³/mol. The highest BCUT2D eigenvalue weighted by molar-refractivity contribution is 6.75. The molecule has 1 atom stereocenters. The zero-order valence-corrected chi connectivity index (χ0v) is 22.3. The third-order valence-corrected chi connectivity index (χ3v) is 15.2. The lowest BCUT2D eigenvalue weighted by atomic mass is 10.0. The fourth-order valence-electron chi connectivity index (χ4n) is 2.46. The predicted octanol–water partition coefficient (Wildman–Crippen LogP) is 6.13. The molecule has 1 aromatic rings. The zero-order chi connectivity index (χ0) is 22.7. The van der Waals surface area contributed by atoms with Crippen LogP contribution in [0.25, 0.3) is 0 Å². The van der Waals surface area contributed by atoms with Crippen LogP contribution in [0.2, 0.25) is 36.3 Å². The Bertz CT molecular complexity index is 612. The summed E-state index contributed by atoms with van der Waals surface area (Å²) in [6.07, 6.45) is 1.24. The van der Waals surface area contributed by atoms with E-state index in [9.17, 15) is 5.11 Å². The topological polar surface area (TPSA) is 58.9 Å². The SMILES string of the molecule is CC(C)(C)[Si](C)(C)Oc1cc(C[C@H](O)CCCO)cc(O[Si](C)(C)C(C)(C)C)c1. The van der Waals surface area contributed by atoms with E-state index < -0.39 is 22.7 Å². The van der Waals surface area contributed by atoms with Gasteiger partial charge in [0.2, 0.25) is 16.6 Å². The molecule has 6 heteroatoms. The van der Waals surface area contributed by atoms with Crippen molar-refractivity contribution in [1.82, 2.24) is 0 Å². The van der Waals surface area contributed by atoms with Crippen LogP contribution in [-0.4, -0.2) is 39.6 Å². The Morgan fingerprint density at radius 1 is 0.828 bits per heavy atom. The molecule has 168 valence electrons. The van der Waals surface area contributed by atoms with Gasteiger partial charge in [0.15, 0.2) is 0 Å². The molecule has 0 fully saturated rings. The van der Waals surface area contributed by atoms with Gasteiger partial charge in [0, 0.05) is 12.7 Å². The van der Waals surface area contributed by atoms with E-state index in [1.54, 1.807) is 0 Å². The summed E-state index contributed by atoms with van der Waals surface area (Å²) < 4.78 is 13.1. The molecule has 0 spiro atoms. The molecular weight excluding hydrogens is 396 g/mol. The second-order valence-electron chi connectivity index (χ2n) is 11.3. The summed E-state index contributed by atoms with van der Waals surface area (Å²) in [5.41, 5.74) is 1.01. The summed E-state index contributed by atoms with van der Waals surface area (Å²) in [6.45, 7) is 22.4. The quantitative estimate of drug-likeness (QED) is 0.453. The molecule has 0 saturated carbocycles. The molecule has 0 aliphatic heterocycles. The highest BCUT2D eigenvalue weighted by Crippen LogP contribution is 2.41. The van der Waals surface area contributed by atoms with Crippen molar-refractivity contribution in [3.8, 4) is 11.5 Å². The number of hydrogen-bond donors (Lipinski definition) is 2. The Hall–Kier alpha value is -0.826. The average Bonchev–Trinajstić information content (AvgIpc) is 2.49. The lowest BCUT2D eigenvalue weighted by molar-refractivity contribution is 0.150. The molecule has 0 saturated heterocycles. The Kier molecular flexibility index (Phi) is 8.62. The van der Waals surface area contributed by atoms with Gasteiger partial charge in [-0.2, -0.15) is 0 Å². The van der Waals surface area contributed by atoms with Crippen molar-refractivity contribution in [3.05, 3.63) is 23.8 Å². The molecular formula is C23H44O4Si2. The maximum absolute atomic E-state index is 10.4. The van der Waals surface area contributed by atoms with Crippen LogP contribution >= 0.6 is 0 Å². The van der Waals surface area contributed by atoms with Crippen molar-refractivity contribution in [2.75, 3.05) is 6.61 Å². The summed E-state index contributed by atoms with van der Waals surface area (Å²) in [4.78, 5) is 0. The molecule has 0 unspecified atom stereocenters. The van der Waals surface area contributed by atoms with Gasteiger partial charge >= 0.3 is 0 Å². The fourth-order valence-corrected chi connectivity index (χ4v) is 4.49. The maximum Gasteiger partial charge on any atom is 0.250 e. The van der Waals surface area contributed by atoms with E-state index in [2.05, 4.69) is 67.7 Å². The van der Waals surface area contributed by atoms with Crippen molar-refractivity contribution in [3.63, 3.8) is 0 Å². The van der Waals surface area contributed by atoms with Crippen LogP contribution in [-0.2, 0) is 6.42 Å². The molecule has 29 heavy (non-hydrogen) atoms. The average molecular weight is 441 g/mol. The Morgan fingerprint density at radius 3 is 1.59 bits per heavy atom. The minimum absolute atomic E-state index is 0.101. The van der Waals surface area contributed by atoms with Crippen LogP contribution in [0.3, 0.4) is 0 Å². The van der Waals surface area contributed by atoms with E-state index in [4.69, 9.17) is 14.0 Å². The lowest BCUT2D eigenvalue weighted by Gasteiger charge is -2.38. The number of hydrogen-bond acceptors (Lipinski definition) is 4. The normalized spacial score (nSPS) is 14.6. The smallest absolute Gasteiger partial charge is 0.250 e. The van der Waals surface area contributed by atoms with Gasteiger partial charge in [-0.05, 0) is 73.2 Å². The van der Waals surface area contributed by atoms with Gasteiger partial charge in [0.25, 0.3) is 0 Å². The fraction of sp³-hybridized carbons (Fsp3) is 0.739. The zero-order valence-electron chi connectivity index (χ0n) is 20.3. The van der Waals surface area contributed by atoms with Gasteiger partial charge in [-0.25, -0.2) is 0 Å². The summed E-state index contributed by atoms with van der Waals surface area (Å²) in [6, 6.07) is 6.10. The molecule has 2 N–H and O–H groups in total. The van der Waals surface area contributed by atoms with Crippen molar-refractivity contribution < 1.29 is 19.1 Å². The molecule has 4 nitrogen and oxygen atoms in total. The summed E-state index contributed by atoms with van der Waals surface area (Å²) in [7, 11) is -3.98. The first-order chi connectivity index (χ1) is 13.0. The van der Waals surface area contributed by atoms with Crippen LogP contribution in [0.5, 0.6) is 11.5 Å². The Labute approximate surface area is 180 Å². The first-order valence-corrected chi connectivity index (χ1v) is 16.6. The molecule has 0 amide bonds. The van der Waals surface area contributed by atoms with E-state index >= 15 is 0 Å². The number of aliphatic hydroxyl groups is 2. The van der Waals surface area contributed by atoms with Gasteiger partial charge in [0.05, 0.1) is 6.10 Å². The van der Waals surface area contributed by atoms with Crippen LogP contribution in [0.1, 0.15) is 59.9 Å². The highest BCUT2D eigenvalue weighted by Gasteiger charge is 2.40. The van der Waals surface area contributed by atoms with Gasteiger partial charge < -0.3 is 19.1 Å². The number of benzene rings is 1. The van der Waals surface area contributed by atoms with E-state index in [0.29, 0.717) is 19.3 Å². The highest BCUT2D eigenvalue weighted by atomic mass is 28.4. The molecule has 0 bridgehead atoms. The van der Waals surface area contributed by atoms with Crippen LogP contribution in [0.4, 0.5) is 0 Å². The minimum Gasteiger partial charge on any atom is -0.543 e. The van der Waals surface area contributed by atoms with Crippen molar-refractivity contribution in [2.45, 2.75) is 103 Å². The summed E-state index contributed by atoms with van der Waals surface area (Å²) in [5, 5.41) is 19.6. The van der Waals surface area contributed by atoms with Crippen LogP contribution in [0, 0.1) is 0 Å². The molecule has 0 aliphatic carbocycles. The second-order valence-corrected chi connectivity index (χ2v) is 20.7. The van der Waals surface area contributed by atoms with Gasteiger partial charge in [-0.1, -0.05) is 41.5 Å². The minimum atomic E-state index is -1.99. The monoisotopic (exact) mass is 440 g/mol. The van der Waals surface area contributed by atoms with E-state index in [-0.39, 0.29) is 16.7 Å². The van der Waals surface area contributed by atoms with Gasteiger partial charge in [-0.15, -0.1) is 0 Å². The standard InChI is InChI=1S/C23H44O4Si2/c1-22(2,3)28(7,8)26-20-15-18(14-19(25)12-11-13-24)16-21(17-20)27-29(9,10)23(4,5)6/h15-17,19,24-25H,11-14H2,1-10H3/t19-/m1/s1. The first-order valence-electron chi connectivity index (χ1n) is 10.8. The van der Waals surface area contributed by atoms with Crippen LogP contribution in [0.15, 0.2) is 18.2 Å².